The molecule has 1 N–H and O–H groups in total. The molecule has 0 fully saturated rings. The summed E-state index contributed by atoms with van der Waals surface area (Å²) in [6, 6.07) is 7.35. The minimum Gasteiger partial charge on any atom is -0.497 e. The van der Waals surface area contributed by atoms with Crippen LogP contribution in [0.1, 0.15) is 12.2 Å². The van der Waals surface area contributed by atoms with Gasteiger partial charge in [-0.05, 0) is 25.1 Å². The molecule has 0 bridgehead atoms. The second-order valence-electron chi connectivity index (χ2n) is 4.49. The zero-order valence-electron chi connectivity index (χ0n) is 10.8. The van der Waals surface area contributed by atoms with E-state index in [-0.39, 0.29) is 5.69 Å². The SMILES string of the molecule is COc1cccc(-n2nc3n(c2=O)CCCNC3)c1. The average molecular weight is 260 g/mol. The van der Waals surface area contributed by atoms with Gasteiger partial charge in [0.15, 0.2) is 0 Å². The Kier molecular flexibility index (Phi) is 3.08. The fraction of sp³-hybridized carbons (Fsp3) is 0.385. The number of ether oxygens (including phenoxy) is 1. The highest BCUT2D eigenvalue weighted by Gasteiger charge is 2.16. The zero-order valence-corrected chi connectivity index (χ0v) is 10.8. The van der Waals surface area contributed by atoms with Crippen LogP contribution in [0, 0.1) is 0 Å². The highest BCUT2D eigenvalue weighted by Crippen LogP contribution is 2.15. The Hall–Kier alpha value is -2.08. The van der Waals surface area contributed by atoms with E-state index in [2.05, 4.69) is 10.4 Å². The van der Waals surface area contributed by atoms with Crippen molar-refractivity contribution in [3.05, 3.63) is 40.6 Å². The lowest BCUT2D eigenvalue weighted by Crippen LogP contribution is -2.24. The van der Waals surface area contributed by atoms with Crippen molar-refractivity contribution >= 4 is 0 Å². The first kappa shape index (κ1) is 12.0. The van der Waals surface area contributed by atoms with Crippen LogP contribution in [0.15, 0.2) is 29.1 Å². The molecule has 6 nitrogen and oxygen atoms in total. The molecular weight excluding hydrogens is 244 g/mol. The molecule has 0 radical (unpaired) electrons. The van der Waals surface area contributed by atoms with Crippen molar-refractivity contribution in [2.45, 2.75) is 19.5 Å². The number of rotatable bonds is 2. The van der Waals surface area contributed by atoms with Crippen LogP contribution in [0.2, 0.25) is 0 Å². The smallest absolute Gasteiger partial charge is 0.350 e. The summed E-state index contributed by atoms with van der Waals surface area (Å²) in [7, 11) is 1.61. The summed E-state index contributed by atoms with van der Waals surface area (Å²) >= 11 is 0. The fourth-order valence-corrected chi connectivity index (χ4v) is 2.27. The number of hydrogen-bond acceptors (Lipinski definition) is 4. The molecule has 2 heterocycles. The summed E-state index contributed by atoms with van der Waals surface area (Å²) in [5.74, 6) is 1.50. The molecule has 0 spiro atoms. The highest BCUT2D eigenvalue weighted by molar-refractivity contribution is 5.38. The normalized spacial score (nSPS) is 14.8. The van der Waals surface area contributed by atoms with Crippen molar-refractivity contribution in [1.29, 1.82) is 0 Å². The molecule has 0 saturated heterocycles. The predicted octanol–water partition coefficient (Wildman–Crippen LogP) is 0.536. The quantitative estimate of drug-likeness (QED) is 0.856. The number of aromatic nitrogens is 3. The first-order valence-electron chi connectivity index (χ1n) is 6.33. The molecule has 0 unspecified atom stereocenters. The standard InChI is InChI=1S/C13H16N4O2/c1-19-11-5-2-4-10(8-11)17-13(18)16-7-3-6-14-9-12(16)15-17/h2,4-5,8,14H,3,6-7,9H2,1H3. The molecule has 2 aromatic rings. The van der Waals surface area contributed by atoms with Crippen molar-refractivity contribution in [2.75, 3.05) is 13.7 Å². The van der Waals surface area contributed by atoms with Crippen LogP contribution in [-0.2, 0) is 13.1 Å². The van der Waals surface area contributed by atoms with Gasteiger partial charge < -0.3 is 10.1 Å². The zero-order chi connectivity index (χ0) is 13.2. The molecule has 0 aliphatic carbocycles. The molecule has 0 saturated carbocycles. The predicted molar refractivity (Wildman–Crippen MR) is 70.7 cm³/mol. The van der Waals surface area contributed by atoms with Crippen LogP contribution in [0.4, 0.5) is 0 Å². The van der Waals surface area contributed by atoms with E-state index in [0.29, 0.717) is 18.8 Å². The lowest BCUT2D eigenvalue weighted by atomic mass is 10.3. The lowest BCUT2D eigenvalue weighted by molar-refractivity contribution is 0.414. The number of methoxy groups -OCH3 is 1. The molecule has 0 atom stereocenters. The van der Waals surface area contributed by atoms with Crippen LogP contribution in [0.5, 0.6) is 5.75 Å². The Morgan fingerprint density at radius 3 is 3.16 bits per heavy atom. The van der Waals surface area contributed by atoms with Gasteiger partial charge in [0.2, 0.25) is 0 Å². The van der Waals surface area contributed by atoms with Gasteiger partial charge in [0.1, 0.15) is 11.6 Å². The first-order valence-corrected chi connectivity index (χ1v) is 6.33. The Bertz CT molecular complexity index is 644. The maximum atomic E-state index is 12.4. The van der Waals surface area contributed by atoms with E-state index < -0.39 is 0 Å². The summed E-state index contributed by atoms with van der Waals surface area (Å²) in [6.07, 6.45) is 0.941. The van der Waals surface area contributed by atoms with E-state index in [9.17, 15) is 4.79 Å². The monoisotopic (exact) mass is 260 g/mol. The molecule has 1 aromatic heterocycles. The number of benzene rings is 1. The second kappa shape index (κ2) is 4.89. The number of nitrogens with one attached hydrogen (secondary N) is 1. The van der Waals surface area contributed by atoms with Crippen molar-refractivity contribution in [2.24, 2.45) is 0 Å². The second-order valence-corrected chi connectivity index (χ2v) is 4.49. The van der Waals surface area contributed by atoms with E-state index in [1.54, 1.807) is 11.7 Å². The molecule has 1 aliphatic rings. The Morgan fingerprint density at radius 2 is 2.32 bits per heavy atom. The summed E-state index contributed by atoms with van der Waals surface area (Å²) in [6.45, 7) is 2.26. The van der Waals surface area contributed by atoms with Crippen LogP contribution in [0.25, 0.3) is 5.69 Å². The minimum atomic E-state index is -0.0908. The molecule has 100 valence electrons. The highest BCUT2D eigenvalue weighted by atomic mass is 16.5. The third kappa shape index (κ3) is 2.15. The topological polar surface area (TPSA) is 61.1 Å². The summed E-state index contributed by atoms with van der Waals surface area (Å²) < 4.78 is 8.35. The third-order valence-corrected chi connectivity index (χ3v) is 3.26. The van der Waals surface area contributed by atoms with Crippen molar-refractivity contribution < 1.29 is 4.74 Å². The van der Waals surface area contributed by atoms with Crippen molar-refractivity contribution in [1.82, 2.24) is 19.7 Å². The Labute approximate surface area is 110 Å². The molecule has 3 rings (SSSR count). The van der Waals surface area contributed by atoms with E-state index >= 15 is 0 Å². The van der Waals surface area contributed by atoms with Gasteiger partial charge in [-0.25, -0.2) is 4.79 Å². The molecule has 1 aromatic carbocycles. The summed E-state index contributed by atoms with van der Waals surface area (Å²) in [5, 5.41) is 7.66. The van der Waals surface area contributed by atoms with Gasteiger partial charge in [0.05, 0.1) is 19.3 Å². The van der Waals surface area contributed by atoms with Gasteiger partial charge in [0, 0.05) is 12.6 Å². The maximum absolute atomic E-state index is 12.4. The van der Waals surface area contributed by atoms with Crippen molar-refractivity contribution in [3.8, 4) is 11.4 Å². The molecule has 19 heavy (non-hydrogen) atoms. The Morgan fingerprint density at radius 1 is 1.42 bits per heavy atom. The van der Waals surface area contributed by atoms with Gasteiger partial charge in [0.25, 0.3) is 0 Å². The minimum absolute atomic E-state index is 0.0908. The van der Waals surface area contributed by atoms with Gasteiger partial charge in [-0.15, -0.1) is 5.10 Å². The maximum Gasteiger partial charge on any atom is 0.350 e. The Balaban J connectivity index is 2.08. The molecule has 1 aliphatic heterocycles. The number of fused-ring (bicyclic) bond motifs is 1. The van der Waals surface area contributed by atoms with Crippen LogP contribution in [-0.4, -0.2) is 28.0 Å². The summed E-state index contributed by atoms with van der Waals surface area (Å²) in [4.78, 5) is 12.4. The van der Waals surface area contributed by atoms with Gasteiger partial charge >= 0.3 is 5.69 Å². The number of hydrogen-bond donors (Lipinski definition) is 1. The fourth-order valence-electron chi connectivity index (χ4n) is 2.27. The van der Waals surface area contributed by atoms with Crippen molar-refractivity contribution in [3.63, 3.8) is 0 Å². The molecule has 6 heteroatoms. The largest absolute Gasteiger partial charge is 0.497 e. The van der Waals surface area contributed by atoms with Gasteiger partial charge in [-0.1, -0.05) is 6.07 Å². The lowest BCUT2D eigenvalue weighted by Gasteiger charge is -2.03. The van der Waals surface area contributed by atoms with Crippen LogP contribution >= 0.6 is 0 Å². The summed E-state index contributed by atoms with van der Waals surface area (Å²) in [5.41, 5.74) is 0.636. The first-order chi connectivity index (χ1) is 9.29. The van der Waals surface area contributed by atoms with E-state index in [4.69, 9.17) is 4.74 Å². The average Bonchev–Trinajstić information content (AvgIpc) is 2.64. The van der Waals surface area contributed by atoms with Crippen LogP contribution < -0.4 is 15.7 Å². The van der Waals surface area contributed by atoms with Gasteiger partial charge in [-0.3, -0.25) is 4.57 Å². The van der Waals surface area contributed by atoms with E-state index in [1.807, 2.05) is 24.3 Å². The molecule has 0 amide bonds. The number of nitrogens with zero attached hydrogens (tertiary/aromatic N) is 3. The van der Waals surface area contributed by atoms with Gasteiger partial charge in [-0.2, -0.15) is 4.68 Å². The van der Waals surface area contributed by atoms with E-state index in [1.165, 1.54) is 4.68 Å². The molecular formula is C13H16N4O2. The van der Waals surface area contributed by atoms with E-state index in [0.717, 1.165) is 24.5 Å². The third-order valence-electron chi connectivity index (χ3n) is 3.26. The van der Waals surface area contributed by atoms with Crippen LogP contribution in [0.3, 0.4) is 0 Å².